The fourth-order valence-corrected chi connectivity index (χ4v) is 1.33. The Balaban J connectivity index is 0.00000324. The SMILES string of the molecule is Cc1ccc(C(=O)NCCNC(=O)[C@@H](C)N)cc1.Cl. The van der Waals surface area contributed by atoms with E-state index in [-0.39, 0.29) is 24.2 Å². The number of rotatable bonds is 5. The number of nitrogens with two attached hydrogens (primary N) is 1. The van der Waals surface area contributed by atoms with Crippen LogP contribution in [0.1, 0.15) is 22.8 Å². The maximum absolute atomic E-state index is 11.7. The molecule has 1 rings (SSSR count). The van der Waals surface area contributed by atoms with Crippen LogP contribution in [0.25, 0.3) is 0 Å². The van der Waals surface area contributed by atoms with Crippen LogP contribution in [0.15, 0.2) is 24.3 Å². The van der Waals surface area contributed by atoms with Crippen molar-refractivity contribution in [2.75, 3.05) is 13.1 Å². The van der Waals surface area contributed by atoms with Gasteiger partial charge in [-0.1, -0.05) is 17.7 Å². The molecule has 0 aliphatic heterocycles. The standard InChI is InChI=1S/C13H19N3O2.ClH/c1-9-3-5-11(6-4-9)13(18)16-8-7-15-12(17)10(2)14;/h3-6,10H,7-8,14H2,1-2H3,(H,15,17)(H,16,18);1H/t10-;/m1./s1. The Bertz CT molecular complexity index is 418. The van der Waals surface area contributed by atoms with E-state index < -0.39 is 6.04 Å². The summed E-state index contributed by atoms with van der Waals surface area (Å²) in [5.74, 6) is -0.371. The molecule has 0 saturated heterocycles. The fraction of sp³-hybridized carbons (Fsp3) is 0.385. The quantitative estimate of drug-likeness (QED) is 0.693. The Morgan fingerprint density at radius 2 is 1.68 bits per heavy atom. The summed E-state index contributed by atoms with van der Waals surface area (Å²) in [4.78, 5) is 22.8. The molecule has 0 bridgehead atoms. The topological polar surface area (TPSA) is 84.2 Å². The molecule has 19 heavy (non-hydrogen) atoms. The highest BCUT2D eigenvalue weighted by molar-refractivity contribution is 5.94. The van der Waals surface area contributed by atoms with Crippen LogP contribution in [0.5, 0.6) is 0 Å². The largest absolute Gasteiger partial charge is 0.353 e. The van der Waals surface area contributed by atoms with Gasteiger partial charge in [-0.25, -0.2) is 0 Å². The van der Waals surface area contributed by atoms with Gasteiger partial charge in [0.15, 0.2) is 0 Å². The van der Waals surface area contributed by atoms with Crippen molar-refractivity contribution in [2.45, 2.75) is 19.9 Å². The van der Waals surface area contributed by atoms with Crippen molar-refractivity contribution in [3.8, 4) is 0 Å². The fourth-order valence-electron chi connectivity index (χ4n) is 1.33. The number of hydrogen-bond donors (Lipinski definition) is 3. The Kier molecular flexibility index (Phi) is 7.79. The van der Waals surface area contributed by atoms with Gasteiger partial charge in [0.1, 0.15) is 0 Å². The highest BCUT2D eigenvalue weighted by atomic mass is 35.5. The van der Waals surface area contributed by atoms with Crippen LogP contribution < -0.4 is 16.4 Å². The second kappa shape index (κ2) is 8.50. The van der Waals surface area contributed by atoms with E-state index in [1.54, 1.807) is 19.1 Å². The van der Waals surface area contributed by atoms with Crippen molar-refractivity contribution < 1.29 is 9.59 Å². The predicted molar refractivity (Wildman–Crippen MR) is 77.4 cm³/mol. The third-order valence-corrected chi connectivity index (χ3v) is 2.44. The first-order chi connectivity index (χ1) is 8.50. The summed E-state index contributed by atoms with van der Waals surface area (Å²) in [5, 5.41) is 5.34. The number of carbonyl (C=O) groups is 2. The van der Waals surface area contributed by atoms with Gasteiger partial charge in [-0.3, -0.25) is 9.59 Å². The van der Waals surface area contributed by atoms with Crippen LogP contribution in [0.3, 0.4) is 0 Å². The number of carbonyl (C=O) groups excluding carboxylic acids is 2. The van der Waals surface area contributed by atoms with Gasteiger partial charge in [-0.2, -0.15) is 0 Å². The molecule has 5 nitrogen and oxygen atoms in total. The summed E-state index contributed by atoms with van der Waals surface area (Å²) >= 11 is 0. The minimum absolute atomic E-state index is 0. The number of amides is 2. The van der Waals surface area contributed by atoms with Gasteiger partial charge in [-0.15, -0.1) is 12.4 Å². The maximum Gasteiger partial charge on any atom is 0.251 e. The van der Waals surface area contributed by atoms with E-state index >= 15 is 0 Å². The van der Waals surface area contributed by atoms with Gasteiger partial charge >= 0.3 is 0 Å². The van der Waals surface area contributed by atoms with Crippen molar-refractivity contribution in [3.63, 3.8) is 0 Å². The molecule has 0 fully saturated rings. The molecule has 0 aliphatic carbocycles. The molecular formula is C13H20ClN3O2. The zero-order valence-electron chi connectivity index (χ0n) is 11.1. The van der Waals surface area contributed by atoms with E-state index in [1.807, 2.05) is 19.1 Å². The minimum atomic E-state index is -0.530. The summed E-state index contributed by atoms with van der Waals surface area (Å²) in [7, 11) is 0. The van der Waals surface area contributed by atoms with Gasteiger partial charge < -0.3 is 16.4 Å². The number of benzene rings is 1. The van der Waals surface area contributed by atoms with E-state index in [1.165, 1.54) is 0 Å². The number of halogens is 1. The second-order valence-electron chi connectivity index (χ2n) is 4.20. The molecule has 0 aliphatic rings. The Hall–Kier alpha value is -1.59. The minimum Gasteiger partial charge on any atom is -0.353 e. The third kappa shape index (κ3) is 6.22. The molecule has 0 spiro atoms. The van der Waals surface area contributed by atoms with Crippen LogP contribution in [-0.4, -0.2) is 30.9 Å². The molecule has 0 heterocycles. The van der Waals surface area contributed by atoms with Crippen molar-refractivity contribution in [1.29, 1.82) is 0 Å². The molecule has 4 N–H and O–H groups in total. The van der Waals surface area contributed by atoms with Gasteiger partial charge in [0, 0.05) is 18.7 Å². The van der Waals surface area contributed by atoms with E-state index in [9.17, 15) is 9.59 Å². The number of aryl methyl sites for hydroxylation is 1. The van der Waals surface area contributed by atoms with Crippen LogP contribution >= 0.6 is 12.4 Å². The smallest absolute Gasteiger partial charge is 0.251 e. The van der Waals surface area contributed by atoms with Crippen LogP contribution in [-0.2, 0) is 4.79 Å². The Morgan fingerprint density at radius 3 is 2.21 bits per heavy atom. The number of hydrogen-bond acceptors (Lipinski definition) is 3. The van der Waals surface area contributed by atoms with Crippen molar-refractivity contribution >= 4 is 24.2 Å². The zero-order valence-corrected chi connectivity index (χ0v) is 11.9. The summed E-state index contributed by atoms with van der Waals surface area (Å²) in [6.45, 7) is 4.33. The molecule has 0 unspecified atom stereocenters. The highest BCUT2D eigenvalue weighted by Gasteiger charge is 2.07. The van der Waals surface area contributed by atoms with Crippen molar-refractivity contribution in [1.82, 2.24) is 10.6 Å². The van der Waals surface area contributed by atoms with E-state index in [2.05, 4.69) is 10.6 Å². The van der Waals surface area contributed by atoms with E-state index in [0.717, 1.165) is 5.56 Å². The lowest BCUT2D eigenvalue weighted by atomic mass is 10.1. The van der Waals surface area contributed by atoms with Crippen LogP contribution in [0.2, 0.25) is 0 Å². The first-order valence-corrected chi connectivity index (χ1v) is 5.89. The summed E-state index contributed by atoms with van der Waals surface area (Å²) in [6.07, 6.45) is 0. The monoisotopic (exact) mass is 285 g/mol. The zero-order chi connectivity index (χ0) is 13.5. The first-order valence-electron chi connectivity index (χ1n) is 5.89. The Morgan fingerprint density at radius 1 is 1.16 bits per heavy atom. The highest BCUT2D eigenvalue weighted by Crippen LogP contribution is 2.02. The summed E-state index contributed by atoms with van der Waals surface area (Å²) in [6, 6.07) is 6.77. The van der Waals surface area contributed by atoms with Crippen LogP contribution in [0, 0.1) is 6.92 Å². The molecule has 2 amide bonds. The van der Waals surface area contributed by atoms with Gasteiger partial charge in [0.05, 0.1) is 6.04 Å². The second-order valence-corrected chi connectivity index (χ2v) is 4.20. The average molecular weight is 286 g/mol. The average Bonchev–Trinajstić information content (AvgIpc) is 2.34. The molecular weight excluding hydrogens is 266 g/mol. The van der Waals surface area contributed by atoms with Gasteiger partial charge in [0.2, 0.25) is 5.91 Å². The molecule has 6 heteroatoms. The lowest BCUT2D eigenvalue weighted by Gasteiger charge is -2.08. The number of nitrogens with one attached hydrogen (secondary N) is 2. The van der Waals surface area contributed by atoms with Gasteiger partial charge in [0.25, 0.3) is 5.91 Å². The third-order valence-electron chi connectivity index (χ3n) is 2.44. The molecule has 1 aromatic rings. The molecule has 0 saturated carbocycles. The molecule has 1 atom stereocenters. The van der Waals surface area contributed by atoms with E-state index in [0.29, 0.717) is 18.7 Å². The Labute approximate surface area is 119 Å². The van der Waals surface area contributed by atoms with Crippen LogP contribution in [0.4, 0.5) is 0 Å². The van der Waals surface area contributed by atoms with Crippen molar-refractivity contribution in [3.05, 3.63) is 35.4 Å². The molecule has 1 aromatic carbocycles. The molecule has 106 valence electrons. The lowest BCUT2D eigenvalue weighted by Crippen LogP contribution is -2.42. The van der Waals surface area contributed by atoms with Gasteiger partial charge in [-0.05, 0) is 26.0 Å². The van der Waals surface area contributed by atoms with E-state index in [4.69, 9.17) is 5.73 Å². The first kappa shape index (κ1) is 17.4. The molecule has 0 radical (unpaired) electrons. The lowest BCUT2D eigenvalue weighted by molar-refractivity contribution is -0.121. The predicted octanol–water partition coefficient (Wildman–Crippen LogP) is 0.610. The van der Waals surface area contributed by atoms with Crippen molar-refractivity contribution in [2.24, 2.45) is 5.73 Å². The molecule has 0 aromatic heterocycles. The normalized spacial score (nSPS) is 11.1. The summed E-state index contributed by atoms with van der Waals surface area (Å²) < 4.78 is 0. The maximum atomic E-state index is 11.7. The summed E-state index contributed by atoms with van der Waals surface area (Å²) in [5.41, 5.74) is 7.10.